The van der Waals surface area contributed by atoms with Crippen molar-refractivity contribution in [3.63, 3.8) is 0 Å². The molecule has 17 heavy (non-hydrogen) atoms. The highest BCUT2D eigenvalue weighted by Gasteiger charge is 2.24. The van der Waals surface area contributed by atoms with E-state index in [1.165, 1.54) is 16.8 Å². The Morgan fingerprint density at radius 2 is 1.71 bits per heavy atom. The van der Waals surface area contributed by atoms with Crippen molar-refractivity contribution in [2.45, 2.75) is 12.6 Å². The summed E-state index contributed by atoms with van der Waals surface area (Å²) in [7, 11) is 0. The molecule has 2 heteroatoms. The van der Waals surface area contributed by atoms with Crippen LogP contribution >= 0.6 is 0 Å². The molecular weight excluding hydrogens is 208 g/mol. The van der Waals surface area contributed by atoms with E-state index >= 15 is 0 Å². The summed E-state index contributed by atoms with van der Waals surface area (Å²) in [6.45, 7) is 1.85. The van der Waals surface area contributed by atoms with Gasteiger partial charge in [-0.25, -0.2) is 0 Å². The van der Waals surface area contributed by atoms with E-state index in [0.29, 0.717) is 0 Å². The van der Waals surface area contributed by atoms with Crippen molar-refractivity contribution in [3.05, 3.63) is 65.7 Å². The van der Waals surface area contributed by atoms with Gasteiger partial charge >= 0.3 is 0 Å². The van der Waals surface area contributed by atoms with Gasteiger partial charge in [0.25, 0.3) is 0 Å². The zero-order chi connectivity index (χ0) is 11.7. The fourth-order valence-corrected chi connectivity index (χ4v) is 2.48. The first-order valence-corrected chi connectivity index (χ1v) is 5.98. The van der Waals surface area contributed by atoms with Crippen molar-refractivity contribution < 1.29 is 0 Å². The van der Waals surface area contributed by atoms with Crippen LogP contribution in [0.4, 0.5) is 5.69 Å². The van der Waals surface area contributed by atoms with Crippen molar-refractivity contribution in [1.29, 1.82) is 0 Å². The Hall–Kier alpha value is -1.80. The topological polar surface area (TPSA) is 29.3 Å². The lowest BCUT2D eigenvalue weighted by atomic mass is 10.1. The second kappa shape index (κ2) is 4.22. The summed E-state index contributed by atoms with van der Waals surface area (Å²) in [4.78, 5) is 2.36. The van der Waals surface area contributed by atoms with Gasteiger partial charge in [0.15, 0.2) is 0 Å². The van der Waals surface area contributed by atoms with Crippen LogP contribution in [0.25, 0.3) is 0 Å². The maximum absolute atomic E-state index is 6.15. The Bertz CT molecular complexity index is 507. The molecular formula is C15H16N2. The maximum atomic E-state index is 6.15. The smallest absolute Gasteiger partial charge is 0.0493 e. The third-order valence-corrected chi connectivity index (χ3v) is 3.31. The lowest BCUT2D eigenvalue weighted by Gasteiger charge is -2.19. The number of nitrogens with zero attached hydrogens (tertiary/aromatic N) is 1. The predicted molar refractivity (Wildman–Crippen MR) is 70.9 cm³/mol. The summed E-state index contributed by atoms with van der Waals surface area (Å²) >= 11 is 0. The predicted octanol–water partition coefficient (Wildman–Crippen LogP) is 2.71. The Balaban J connectivity index is 1.87. The van der Waals surface area contributed by atoms with E-state index in [4.69, 9.17) is 5.73 Å². The Labute approximate surface area is 102 Å². The lowest BCUT2D eigenvalue weighted by molar-refractivity contribution is 0.720. The third-order valence-electron chi connectivity index (χ3n) is 3.31. The van der Waals surface area contributed by atoms with Gasteiger partial charge in [-0.2, -0.15) is 0 Å². The van der Waals surface area contributed by atoms with E-state index in [2.05, 4.69) is 53.4 Å². The minimum atomic E-state index is 0.148. The van der Waals surface area contributed by atoms with Gasteiger partial charge in [0.1, 0.15) is 0 Å². The molecule has 0 radical (unpaired) electrons. The minimum Gasteiger partial charge on any atom is -0.365 e. The van der Waals surface area contributed by atoms with Crippen LogP contribution in [0.1, 0.15) is 17.2 Å². The van der Waals surface area contributed by atoms with E-state index in [0.717, 1.165) is 13.1 Å². The molecule has 0 bridgehead atoms. The number of benzene rings is 2. The first-order chi connectivity index (χ1) is 8.34. The summed E-state index contributed by atoms with van der Waals surface area (Å²) in [5, 5.41) is 0. The summed E-state index contributed by atoms with van der Waals surface area (Å²) in [5.74, 6) is 0. The number of nitrogens with two attached hydrogens (primary N) is 1. The van der Waals surface area contributed by atoms with Gasteiger partial charge in [-0.3, -0.25) is 0 Å². The largest absolute Gasteiger partial charge is 0.365 e. The Morgan fingerprint density at radius 3 is 2.53 bits per heavy atom. The van der Waals surface area contributed by atoms with Gasteiger partial charge in [0.2, 0.25) is 0 Å². The summed E-state index contributed by atoms with van der Waals surface area (Å²) in [6.07, 6.45) is 0. The number of fused-ring (bicyclic) bond motifs is 1. The lowest BCUT2D eigenvalue weighted by Crippen LogP contribution is -2.23. The monoisotopic (exact) mass is 224 g/mol. The second-order valence-electron chi connectivity index (χ2n) is 4.53. The van der Waals surface area contributed by atoms with Crippen molar-refractivity contribution in [2.75, 3.05) is 11.4 Å². The maximum Gasteiger partial charge on any atom is 0.0493 e. The molecule has 2 aromatic rings. The zero-order valence-electron chi connectivity index (χ0n) is 9.71. The van der Waals surface area contributed by atoms with Gasteiger partial charge in [0.05, 0.1) is 0 Å². The molecule has 1 heterocycles. The molecule has 1 unspecified atom stereocenters. The number of anilines is 1. The van der Waals surface area contributed by atoms with E-state index in [1.54, 1.807) is 0 Å². The van der Waals surface area contributed by atoms with Gasteiger partial charge in [-0.05, 0) is 17.2 Å². The first kappa shape index (κ1) is 10.4. The van der Waals surface area contributed by atoms with Crippen molar-refractivity contribution in [3.8, 4) is 0 Å². The molecule has 0 aromatic heterocycles. The molecule has 86 valence electrons. The van der Waals surface area contributed by atoms with Gasteiger partial charge in [-0.15, -0.1) is 0 Å². The first-order valence-electron chi connectivity index (χ1n) is 5.98. The SMILES string of the molecule is NC1CN(Cc2ccccc2)c2ccccc21. The summed E-state index contributed by atoms with van der Waals surface area (Å²) in [6, 6.07) is 19.1. The molecule has 2 nitrogen and oxygen atoms in total. The average molecular weight is 224 g/mol. The summed E-state index contributed by atoms with van der Waals surface area (Å²) < 4.78 is 0. The minimum absolute atomic E-state index is 0.148. The van der Waals surface area contributed by atoms with Crippen molar-refractivity contribution >= 4 is 5.69 Å². The number of para-hydroxylation sites is 1. The Morgan fingerprint density at radius 1 is 1.00 bits per heavy atom. The molecule has 1 atom stereocenters. The molecule has 2 aromatic carbocycles. The van der Waals surface area contributed by atoms with Gasteiger partial charge in [0, 0.05) is 24.8 Å². The van der Waals surface area contributed by atoms with E-state index < -0.39 is 0 Å². The van der Waals surface area contributed by atoms with Crippen LogP contribution in [-0.2, 0) is 6.54 Å². The standard InChI is InChI=1S/C15H16N2/c16-14-11-17(10-12-6-2-1-3-7-12)15-9-5-4-8-13(14)15/h1-9,14H,10-11,16H2. The molecule has 0 spiro atoms. The molecule has 0 aliphatic carbocycles. The normalized spacial score (nSPS) is 18.2. The molecule has 3 rings (SSSR count). The van der Waals surface area contributed by atoms with Crippen LogP contribution < -0.4 is 10.6 Å². The van der Waals surface area contributed by atoms with Crippen LogP contribution in [0, 0.1) is 0 Å². The fourth-order valence-electron chi connectivity index (χ4n) is 2.48. The molecule has 1 aliphatic heterocycles. The van der Waals surface area contributed by atoms with Gasteiger partial charge in [-0.1, -0.05) is 48.5 Å². The molecule has 1 aliphatic rings. The van der Waals surface area contributed by atoms with Crippen LogP contribution in [0.3, 0.4) is 0 Å². The van der Waals surface area contributed by atoms with Gasteiger partial charge < -0.3 is 10.6 Å². The van der Waals surface area contributed by atoms with Crippen molar-refractivity contribution in [1.82, 2.24) is 0 Å². The van der Waals surface area contributed by atoms with Crippen LogP contribution in [0.15, 0.2) is 54.6 Å². The highest BCUT2D eigenvalue weighted by atomic mass is 15.2. The van der Waals surface area contributed by atoms with Crippen LogP contribution in [0.5, 0.6) is 0 Å². The fraction of sp³-hybridized carbons (Fsp3) is 0.200. The molecule has 0 saturated heterocycles. The van der Waals surface area contributed by atoms with E-state index in [1.807, 2.05) is 6.07 Å². The zero-order valence-corrected chi connectivity index (χ0v) is 9.71. The molecule has 0 amide bonds. The number of rotatable bonds is 2. The second-order valence-corrected chi connectivity index (χ2v) is 4.53. The Kier molecular flexibility index (Phi) is 2.57. The highest BCUT2D eigenvalue weighted by Crippen LogP contribution is 2.33. The molecule has 0 saturated carbocycles. The highest BCUT2D eigenvalue weighted by molar-refractivity contribution is 5.59. The summed E-state index contributed by atoms with van der Waals surface area (Å²) in [5.41, 5.74) is 10.0. The van der Waals surface area contributed by atoms with E-state index in [9.17, 15) is 0 Å². The number of hydrogen-bond acceptors (Lipinski definition) is 2. The van der Waals surface area contributed by atoms with Crippen LogP contribution in [-0.4, -0.2) is 6.54 Å². The van der Waals surface area contributed by atoms with Crippen molar-refractivity contribution in [2.24, 2.45) is 5.73 Å². The molecule has 2 N–H and O–H groups in total. The molecule has 0 fully saturated rings. The van der Waals surface area contributed by atoms with E-state index in [-0.39, 0.29) is 6.04 Å². The third kappa shape index (κ3) is 1.92. The quantitative estimate of drug-likeness (QED) is 0.849. The number of hydrogen-bond donors (Lipinski definition) is 1. The average Bonchev–Trinajstić information content (AvgIpc) is 2.69. The van der Waals surface area contributed by atoms with Crippen LogP contribution in [0.2, 0.25) is 0 Å².